The molecule has 0 radical (unpaired) electrons. The normalized spacial score (nSPS) is 13.6. The Kier molecular flexibility index (Phi) is 1.70. The van der Waals surface area contributed by atoms with E-state index in [2.05, 4.69) is 22.7 Å². The van der Waals surface area contributed by atoms with E-state index in [1.54, 1.807) is 6.20 Å². The molecular weight excluding hydrogens is 173 g/mol. The van der Waals surface area contributed by atoms with E-state index in [4.69, 9.17) is 9.47 Å². The third-order valence-corrected chi connectivity index (χ3v) is 2.45. The molecule has 2 heterocycles. The fraction of sp³-hybridized carbons (Fsp3) is 0.100. The molecule has 0 N–H and O–H groups in total. The van der Waals surface area contributed by atoms with Gasteiger partial charge in [0.1, 0.15) is 0 Å². The van der Waals surface area contributed by atoms with Crippen molar-refractivity contribution in [3.63, 3.8) is 0 Å². The van der Waals surface area contributed by atoms with Gasteiger partial charge in [-0.05, 0) is 0 Å². The Bertz CT molecular complexity index is 513. The fourth-order valence-corrected chi connectivity index (χ4v) is 1.67. The van der Waals surface area contributed by atoms with E-state index < -0.39 is 0 Å². The Morgan fingerprint density at radius 2 is 2.00 bits per heavy atom. The molecule has 1 aliphatic heterocycles. The molecule has 3 nitrogen and oxygen atoms in total. The summed E-state index contributed by atoms with van der Waals surface area (Å²) < 4.78 is 11.8. The summed E-state index contributed by atoms with van der Waals surface area (Å²) in [5, 5.41) is 1.12. The van der Waals surface area contributed by atoms with Gasteiger partial charge in [-0.2, -0.15) is 0 Å². The molecular formula is C10H6LiNO2. The molecule has 0 amide bonds. The molecule has 2 aromatic rings. The van der Waals surface area contributed by atoms with Gasteiger partial charge in [-0.25, -0.2) is 0 Å². The van der Waals surface area contributed by atoms with Crippen molar-refractivity contribution < 1.29 is 9.47 Å². The number of ether oxygens (including phenoxy) is 2. The van der Waals surface area contributed by atoms with Crippen LogP contribution in [0.2, 0.25) is 0 Å². The number of hydrogen-bond acceptors (Lipinski definition) is 3. The minimum absolute atomic E-state index is 0.310. The second-order valence-corrected chi connectivity index (χ2v) is 3.35. The van der Waals surface area contributed by atoms with Gasteiger partial charge in [0.05, 0.1) is 0 Å². The summed E-state index contributed by atoms with van der Waals surface area (Å²) in [5.41, 5.74) is 0.953. The number of pyridine rings is 1. The Labute approximate surface area is 90.2 Å². The maximum atomic E-state index is 5.31. The van der Waals surface area contributed by atoms with E-state index in [0.717, 1.165) is 22.4 Å². The van der Waals surface area contributed by atoms with Crippen molar-refractivity contribution in [3.8, 4) is 11.5 Å². The van der Waals surface area contributed by atoms with Gasteiger partial charge in [-0.1, -0.05) is 0 Å². The minimum atomic E-state index is 0.310. The SMILES string of the molecule is [Li][c]1ccnc2cc3c(cc12)OCO3. The van der Waals surface area contributed by atoms with Crippen LogP contribution in [0.25, 0.3) is 10.9 Å². The summed E-state index contributed by atoms with van der Waals surface area (Å²) >= 11 is 2.06. The molecule has 0 saturated carbocycles. The average Bonchev–Trinajstić information content (AvgIpc) is 2.62. The molecule has 0 saturated heterocycles. The molecule has 1 aliphatic rings. The van der Waals surface area contributed by atoms with E-state index in [0.29, 0.717) is 6.79 Å². The molecule has 0 spiro atoms. The molecule has 1 aromatic heterocycles. The van der Waals surface area contributed by atoms with Crippen LogP contribution in [0.5, 0.6) is 11.5 Å². The molecule has 0 fully saturated rings. The van der Waals surface area contributed by atoms with E-state index in [-0.39, 0.29) is 0 Å². The fourth-order valence-electron chi connectivity index (χ4n) is 1.67. The predicted molar refractivity (Wildman–Crippen MR) is 53.3 cm³/mol. The topological polar surface area (TPSA) is 31.4 Å². The Morgan fingerprint density at radius 3 is 2.86 bits per heavy atom. The molecule has 14 heavy (non-hydrogen) atoms. The molecule has 0 bridgehead atoms. The monoisotopic (exact) mass is 179 g/mol. The zero-order valence-corrected chi connectivity index (χ0v) is 7.78. The third-order valence-electron chi connectivity index (χ3n) is 2.45. The van der Waals surface area contributed by atoms with Crippen molar-refractivity contribution in [3.05, 3.63) is 24.4 Å². The van der Waals surface area contributed by atoms with Crippen LogP contribution in [0.15, 0.2) is 24.4 Å². The Morgan fingerprint density at radius 1 is 1.21 bits per heavy atom. The first-order valence-electron chi connectivity index (χ1n) is 4.49. The summed E-state index contributed by atoms with van der Waals surface area (Å²) in [6.45, 7) is 0.310. The van der Waals surface area contributed by atoms with E-state index in [1.807, 2.05) is 18.2 Å². The second kappa shape index (κ2) is 2.91. The molecule has 1 aromatic carbocycles. The van der Waals surface area contributed by atoms with Gasteiger partial charge in [0.2, 0.25) is 0 Å². The zero-order valence-electron chi connectivity index (χ0n) is 7.78. The van der Waals surface area contributed by atoms with Crippen LogP contribution >= 0.6 is 0 Å². The molecule has 4 heteroatoms. The van der Waals surface area contributed by atoms with E-state index >= 15 is 0 Å². The van der Waals surface area contributed by atoms with Crippen LogP contribution in [0, 0.1) is 0 Å². The van der Waals surface area contributed by atoms with Crippen LogP contribution in [0.3, 0.4) is 0 Å². The summed E-state index contributed by atoms with van der Waals surface area (Å²) in [7, 11) is 0. The van der Waals surface area contributed by atoms with Gasteiger partial charge >= 0.3 is 90.0 Å². The number of rotatable bonds is 0. The molecule has 64 valence electrons. The number of fused-ring (bicyclic) bond motifs is 2. The van der Waals surface area contributed by atoms with Gasteiger partial charge in [-0.3, -0.25) is 0 Å². The van der Waals surface area contributed by atoms with Crippen molar-refractivity contribution in [1.29, 1.82) is 0 Å². The summed E-state index contributed by atoms with van der Waals surface area (Å²) in [4.78, 5) is 4.28. The van der Waals surface area contributed by atoms with Crippen LogP contribution in [0.1, 0.15) is 0 Å². The standard InChI is InChI=1S/C10H6NO2.Li/c1-2-7-4-9-10(13-6-12-9)5-8(7)11-3-1;/h1,3-5H,6H2;. The molecule has 0 unspecified atom stereocenters. The van der Waals surface area contributed by atoms with Gasteiger partial charge in [0.25, 0.3) is 0 Å². The number of benzene rings is 1. The Hall–Kier alpha value is -1.17. The van der Waals surface area contributed by atoms with Crippen molar-refractivity contribution >= 4 is 32.9 Å². The van der Waals surface area contributed by atoms with E-state index in [9.17, 15) is 0 Å². The first-order valence-corrected chi connectivity index (χ1v) is 4.49. The summed E-state index contributed by atoms with van der Waals surface area (Å²) in [6, 6.07) is 5.90. The van der Waals surface area contributed by atoms with Gasteiger partial charge in [-0.15, -0.1) is 0 Å². The number of hydrogen-bond donors (Lipinski definition) is 0. The van der Waals surface area contributed by atoms with Gasteiger partial charge < -0.3 is 0 Å². The number of aromatic nitrogens is 1. The van der Waals surface area contributed by atoms with Crippen LogP contribution in [-0.4, -0.2) is 29.5 Å². The van der Waals surface area contributed by atoms with Crippen LogP contribution < -0.4 is 13.7 Å². The second-order valence-electron chi connectivity index (χ2n) is 3.35. The van der Waals surface area contributed by atoms with Gasteiger partial charge in [0, 0.05) is 0 Å². The molecule has 0 atom stereocenters. The van der Waals surface area contributed by atoms with Crippen molar-refractivity contribution in [2.75, 3.05) is 6.79 Å². The zero-order chi connectivity index (χ0) is 9.54. The van der Waals surface area contributed by atoms with Gasteiger partial charge in [0.15, 0.2) is 0 Å². The molecule has 0 aliphatic carbocycles. The van der Waals surface area contributed by atoms with Crippen LogP contribution in [-0.2, 0) is 0 Å². The van der Waals surface area contributed by atoms with Crippen molar-refractivity contribution in [2.45, 2.75) is 0 Å². The predicted octanol–water partition coefficient (Wildman–Crippen LogP) is 0.757. The molecule has 3 rings (SSSR count). The van der Waals surface area contributed by atoms with Crippen LogP contribution in [0.4, 0.5) is 0 Å². The van der Waals surface area contributed by atoms with E-state index in [1.165, 1.54) is 4.24 Å². The average molecular weight is 179 g/mol. The first-order chi connectivity index (χ1) is 6.84. The summed E-state index contributed by atoms with van der Waals surface area (Å²) in [5.74, 6) is 1.60. The summed E-state index contributed by atoms with van der Waals surface area (Å²) in [6.07, 6.45) is 1.81. The Balaban J connectivity index is 2.39. The first kappa shape index (κ1) is 8.16. The maximum absolute atomic E-state index is 5.31. The van der Waals surface area contributed by atoms with Crippen molar-refractivity contribution in [1.82, 2.24) is 4.98 Å². The number of nitrogens with zero attached hydrogens (tertiary/aromatic N) is 1. The third kappa shape index (κ3) is 1.10. The quantitative estimate of drug-likeness (QED) is 0.559. The van der Waals surface area contributed by atoms with Crippen molar-refractivity contribution in [2.24, 2.45) is 0 Å².